The third-order valence-corrected chi connectivity index (χ3v) is 3.10. The maximum absolute atomic E-state index is 10.8. The van der Waals surface area contributed by atoms with E-state index in [1.807, 2.05) is 25.1 Å². The van der Waals surface area contributed by atoms with Crippen LogP contribution < -0.4 is 10.6 Å². The molecule has 0 saturated carbocycles. The first kappa shape index (κ1) is 14.6. The number of nitrogens with one attached hydrogen (secondary N) is 2. The van der Waals surface area contributed by atoms with Crippen molar-refractivity contribution in [3.8, 4) is 0 Å². The highest BCUT2D eigenvalue weighted by atomic mass is 16.4. The summed E-state index contributed by atoms with van der Waals surface area (Å²) < 4.78 is 0. The van der Waals surface area contributed by atoms with E-state index in [4.69, 9.17) is 5.11 Å². The minimum absolute atomic E-state index is 0.269. The molecule has 0 aromatic heterocycles. The van der Waals surface area contributed by atoms with Crippen LogP contribution in [0.2, 0.25) is 0 Å². The van der Waals surface area contributed by atoms with Gasteiger partial charge in [0.2, 0.25) is 0 Å². The number of para-hydroxylation sites is 1. The molecule has 0 heterocycles. The smallest absolute Gasteiger partial charge is 0.335 e. The van der Waals surface area contributed by atoms with E-state index >= 15 is 0 Å². The molecule has 2 rings (SSSR count). The topological polar surface area (TPSA) is 73.7 Å². The molecule has 0 radical (unpaired) electrons. The lowest BCUT2D eigenvalue weighted by atomic mass is 10.1. The van der Waals surface area contributed by atoms with Gasteiger partial charge in [-0.05, 0) is 49.5 Å². The number of hydrogen-bond donors (Lipinski definition) is 3. The van der Waals surface area contributed by atoms with Gasteiger partial charge in [0, 0.05) is 5.69 Å². The first-order valence-electron chi connectivity index (χ1n) is 6.49. The second-order valence-corrected chi connectivity index (χ2v) is 4.54. The number of anilines is 2. The van der Waals surface area contributed by atoms with Gasteiger partial charge in [-0.3, -0.25) is 4.99 Å². The molecular weight excluding hydrogens is 266 g/mol. The zero-order valence-corrected chi connectivity index (χ0v) is 11.8. The average Bonchev–Trinajstić information content (AvgIpc) is 2.48. The molecule has 0 bridgehead atoms. The molecule has 21 heavy (non-hydrogen) atoms. The quantitative estimate of drug-likeness (QED) is 0.560. The number of hydrogen-bond acceptors (Lipinski definition) is 4. The van der Waals surface area contributed by atoms with Crippen molar-refractivity contribution in [3.63, 3.8) is 0 Å². The molecule has 0 atom stereocenters. The van der Waals surface area contributed by atoms with Crippen LogP contribution in [-0.4, -0.2) is 24.5 Å². The summed E-state index contributed by atoms with van der Waals surface area (Å²) in [6, 6.07) is 12.5. The van der Waals surface area contributed by atoms with Crippen molar-refractivity contribution >= 4 is 29.7 Å². The second kappa shape index (κ2) is 6.56. The van der Waals surface area contributed by atoms with Gasteiger partial charge in [-0.1, -0.05) is 12.1 Å². The number of carboxylic acid groups (broad SMARTS) is 1. The van der Waals surface area contributed by atoms with Gasteiger partial charge in [0.15, 0.2) is 0 Å². The number of aliphatic imine (C=N–C) groups is 1. The van der Waals surface area contributed by atoms with E-state index in [1.54, 1.807) is 24.3 Å². The monoisotopic (exact) mass is 283 g/mol. The van der Waals surface area contributed by atoms with E-state index in [0.29, 0.717) is 6.67 Å². The molecular formula is C16H17N3O2. The normalized spacial score (nSPS) is 9.95. The number of carboxylic acids is 1. The summed E-state index contributed by atoms with van der Waals surface area (Å²) in [6.45, 7) is 6.06. The Hall–Kier alpha value is -2.82. The van der Waals surface area contributed by atoms with Crippen molar-refractivity contribution in [2.75, 3.05) is 17.3 Å². The molecule has 108 valence electrons. The predicted molar refractivity (Wildman–Crippen MR) is 85.9 cm³/mol. The summed E-state index contributed by atoms with van der Waals surface area (Å²) in [4.78, 5) is 14.8. The summed E-state index contributed by atoms with van der Waals surface area (Å²) in [5.41, 5.74) is 3.90. The summed E-state index contributed by atoms with van der Waals surface area (Å²) in [6.07, 6.45) is 0. The first-order valence-corrected chi connectivity index (χ1v) is 6.49. The van der Waals surface area contributed by atoms with Crippen molar-refractivity contribution in [1.82, 2.24) is 0 Å². The summed E-state index contributed by atoms with van der Waals surface area (Å²) >= 11 is 0. The molecule has 0 aliphatic heterocycles. The fourth-order valence-corrected chi connectivity index (χ4v) is 1.98. The van der Waals surface area contributed by atoms with Crippen LogP contribution in [0.1, 0.15) is 15.9 Å². The highest BCUT2D eigenvalue weighted by molar-refractivity contribution is 5.88. The Balaban J connectivity index is 1.97. The fourth-order valence-electron chi connectivity index (χ4n) is 1.98. The Morgan fingerprint density at radius 2 is 1.90 bits per heavy atom. The Morgan fingerprint density at radius 3 is 2.52 bits per heavy atom. The molecule has 0 unspecified atom stereocenters. The van der Waals surface area contributed by atoms with Gasteiger partial charge in [0.1, 0.15) is 0 Å². The van der Waals surface area contributed by atoms with Crippen molar-refractivity contribution in [2.45, 2.75) is 6.92 Å². The van der Waals surface area contributed by atoms with Crippen LogP contribution in [0.25, 0.3) is 0 Å². The molecule has 0 fully saturated rings. The zero-order chi connectivity index (χ0) is 15.2. The average molecular weight is 283 g/mol. The second-order valence-electron chi connectivity index (χ2n) is 4.54. The number of rotatable bonds is 6. The maximum atomic E-state index is 10.8. The zero-order valence-electron chi connectivity index (χ0n) is 11.8. The van der Waals surface area contributed by atoms with Crippen LogP contribution in [0.5, 0.6) is 0 Å². The first-order chi connectivity index (χ1) is 10.1. The molecule has 2 aromatic carbocycles. The largest absolute Gasteiger partial charge is 0.478 e. The van der Waals surface area contributed by atoms with Crippen molar-refractivity contribution in [2.24, 2.45) is 4.99 Å². The lowest BCUT2D eigenvalue weighted by Crippen LogP contribution is -2.12. The molecule has 5 nitrogen and oxygen atoms in total. The molecule has 0 saturated heterocycles. The van der Waals surface area contributed by atoms with Crippen molar-refractivity contribution in [3.05, 3.63) is 53.6 Å². The van der Waals surface area contributed by atoms with Crippen LogP contribution in [0.4, 0.5) is 17.1 Å². The summed E-state index contributed by atoms with van der Waals surface area (Å²) in [7, 11) is 0. The van der Waals surface area contributed by atoms with E-state index in [2.05, 4.69) is 22.3 Å². The van der Waals surface area contributed by atoms with Gasteiger partial charge in [-0.15, -0.1) is 0 Å². The third kappa shape index (κ3) is 3.60. The number of aromatic carboxylic acids is 1. The van der Waals surface area contributed by atoms with E-state index < -0.39 is 5.97 Å². The van der Waals surface area contributed by atoms with E-state index in [9.17, 15) is 4.79 Å². The molecule has 0 spiro atoms. The number of nitrogens with zero attached hydrogens (tertiary/aromatic N) is 1. The highest BCUT2D eigenvalue weighted by Gasteiger charge is 2.03. The Kier molecular flexibility index (Phi) is 4.56. The minimum atomic E-state index is -0.930. The SMILES string of the molecule is C=Nc1c(C)cccc1NCNc1ccc(C(=O)O)cc1. The van der Waals surface area contributed by atoms with Crippen LogP contribution in [0.3, 0.4) is 0 Å². The third-order valence-electron chi connectivity index (χ3n) is 3.10. The summed E-state index contributed by atoms with van der Waals surface area (Å²) in [5, 5.41) is 15.2. The maximum Gasteiger partial charge on any atom is 0.335 e. The predicted octanol–water partition coefficient (Wildman–Crippen LogP) is 3.51. The molecule has 0 aliphatic carbocycles. The standard InChI is InChI=1S/C16H17N3O2/c1-11-4-3-5-14(15(11)17-2)19-10-18-13-8-6-12(7-9-13)16(20)21/h3-9,18-19H,2,10H2,1H3,(H,20,21). The van der Waals surface area contributed by atoms with E-state index in [1.165, 1.54) is 0 Å². The minimum Gasteiger partial charge on any atom is -0.478 e. The lowest BCUT2D eigenvalue weighted by molar-refractivity contribution is 0.0697. The molecule has 0 aliphatic rings. The van der Waals surface area contributed by atoms with Crippen LogP contribution in [0, 0.1) is 6.92 Å². The van der Waals surface area contributed by atoms with Crippen LogP contribution >= 0.6 is 0 Å². The molecule has 2 aromatic rings. The van der Waals surface area contributed by atoms with Gasteiger partial charge >= 0.3 is 5.97 Å². The highest BCUT2D eigenvalue weighted by Crippen LogP contribution is 2.27. The van der Waals surface area contributed by atoms with Crippen molar-refractivity contribution < 1.29 is 9.90 Å². The van der Waals surface area contributed by atoms with Crippen molar-refractivity contribution in [1.29, 1.82) is 0 Å². The van der Waals surface area contributed by atoms with Gasteiger partial charge in [-0.25, -0.2) is 4.79 Å². The number of benzene rings is 2. The Bertz CT molecular complexity index is 651. The van der Waals surface area contributed by atoms with Gasteiger partial charge in [0.25, 0.3) is 0 Å². The van der Waals surface area contributed by atoms with Crippen LogP contribution in [-0.2, 0) is 0 Å². The number of aryl methyl sites for hydroxylation is 1. The lowest BCUT2D eigenvalue weighted by Gasteiger charge is -2.12. The number of carbonyl (C=O) groups is 1. The molecule has 0 amide bonds. The van der Waals surface area contributed by atoms with E-state index in [0.717, 1.165) is 22.6 Å². The van der Waals surface area contributed by atoms with Gasteiger partial charge < -0.3 is 15.7 Å². The van der Waals surface area contributed by atoms with Gasteiger partial charge in [0.05, 0.1) is 23.6 Å². The Labute approximate surface area is 123 Å². The molecule has 3 N–H and O–H groups in total. The van der Waals surface area contributed by atoms with Gasteiger partial charge in [-0.2, -0.15) is 0 Å². The molecule has 5 heteroatoms. The Morgan fingerprint density at radius 1 is 1.19 bits per heavy atom. The van der Waals surface area contributed by atoms with E-state index in [-0.39, 0.29) is 5.56 Å². The fraction of sp³-hybridized carbons (Fsp3) is 0.125. The summed E-state index contributed by atoms with van der Waals surface area (Å²) in [5.74, 6) is -0.930. The van der Waals surface area contributed by atoms with Crippen LogP contribution in [0.15, 0.2) is 47.5 Å².